The van der Waals surface area contributed by atoms with Crippen LogP contribution in [0.25, 0.3) is 0 Å². The van der Waals surface area contributed by atoms with Crippen LogP contribution in [0.1, 0.15) is 92.7 Å². The van der Waals surface area contributed by atoms with Crippen LogP contribution in [0.4, 0.5) is 0 Å². The number of nitrogens with zero attached hydrogens (tertiary/aromatic N) is 2. The highest BCUT2D eigenvalue weighted by Crippen LogP contribution is 2.30. The van der Waals surface area contributed by atoms with E-state index in [1.165, 1.54) is 0 Å². The number of ether oxygens (including phenoxy) is 2. The number of methoxy groups -OCH3 is 2. The molecule has 1 heterocycles. The molecule has 10 atom stereocenters. The standard InChI is InChI=1S/C39H67N5O7/c1-13-25(6)34(43(10)39(49)33(24(4)5)42-38(48)32(40-9)23(2)3)30(50-11)22-31(45)44-21-17-20-29(44)36(51-12)26(7)37(47)41-27(8)35(46)28-18-15-14-16-19-28/h14-16,18-19,23-27,29-30,32-36,40,46H,13,17,20-22H2,1-12H3,(H,41,47)(H,42,48)/t25-,26+,27+,29-,30+,32+,33-,34-,35+,36+/m0/s1. The lowest BCUT2D eigenvalue weighted by Gasteiger charge is -2.41. The van der Waals surface area contributed by atoms with Gasteiger partial charge in [-0.1, -0.05) is 85.2 Å². The van der Waals surface area contributed by atoms with Crippen molar-refractivity contribution in [2.24, 2.45) is 23.7 Å². The minimum atomic E-state index is -0.875. The first-order valence-electron chi connectivity index (χ1n) is 18.7. The maximum absolute atomic E-state index is 14.1. The second-order valence-electron chi connectivity index (χ2n) is 15.0. The zero-order valence-electron chi connectivity index (χ0n) is 33.1. The first-order chi connectivity index (χ1) is 24.0. The molecule has 0 radical (unpaired) electrons. The van der Waals surface area contributed by atoms with E-state index in [0.29, 0.717) is 18.5 Å². The molecule has 12 heteroatoms. The van der Waals surface area contributed by atoms with Gasteiger partial charge in [0.2, 0.25) is 23.6 Å². The minimum Gasteiger partial charge on any atom is -0.386 e. The highest BCUT2D eigenvalue weighted by Gasteiger charge is 2.43. The molecule has 1 saturated heterocycles. The number of carbonyl (C=O) groups excluding carboxylic acids is 4. The van der Waals surface area contributed by atoms with Gasteiger partial charge in [0.25, 0.3) is 0 Å². The van der Waals surface area contributed by atoms with E-state index in [0.717, 1.165) is 12.8 Å². The Hall–Kier alpha value is -3.06. The van der Waals surface area contributed by atoms with Gasteiger partial charge in [-0.05, 0) is 50.1 Å². The fourth-order valence-corrected chi connectivity index (χ4v) is 7.42. The second-order valence-corrected chi connectivity index (χ2v) is 15.0. The Bertz CT molecular complexity index is 1250. The molecule has 1 aliphatic rings. The summed E-state index contributed by atoms with van der Waals surface area (Å²) in [6.07, 6.45) is 0.147. The molecule has 1 aromatic rings. The summed E-state index contributed by atoms with van der Waals surface area (Å²) in [6, 6.07) is 6.67. The Morgan fingerprint density at radius 1 is 0.922 bits per heavy atom. The second kappa shape index (κ2) is 20.8. The summed E-state index contributed by atoms with van der Waals surface area (Å²) < 4.78 is 11.9. The van der Waals surface area contributed by atoms with Crippen molar-refractivity contribution in [2.75, 3.05) is 34.9 Å². The van der Waals surface area contributed by atoms with Crippen molar-refractivity contribution < 1.29 is 33.8 Å². The van der Waals surface area contributed by atoms with Gasteiger partial charge in [0, 0.05) is 27.8 Å². The molecule has 2 rings (SSSR count). The van der Waals surface area contributed by atoms with Gasteiger partial charge < -0.3 is 40.3 Å². The van der Waals surface area contributed by atoms with Gasteiger partial charge in [0.05, 0.1) is 54.8 Å². The zero-order chi connectivity index (χ0) is 38.6. The van der Waals surface area contributed by atoms with Crippen molar-refractivity contribution in [3.8, 4) is 0 Å². The van der Waals surface area contributed by atoms with Crippen LogP contribution in [-0.2, 0) is 28.7 Å². The van der Waals surface area contributed by atoms with Gasteiger partial charge in [-0.25, -0.2) is 0 Å². The van der Waals surface area contributed by atoms with Gasteiger partial charge in [0.1, 0.15) is 6.04 Å². The summed E-state index contributed by atoms with van der Waals surface area (Å²) in [4.78, 5) is 58.3. The van der Waals surface area contributed by atoms with E-state index in [1.54, 1.807) is 52.0 Å². The maximum Gasteiger partial charge on any atom is 0.245 e. The summed E-state index contributed by atoms with van der Waals surface area (Å²) in [5, 5.41) is 19.8. The lowest BCUT2D eigenvalue weighted by atomic mass is 9.89. The lowest BCUT2D eigenvalue weighted by molar-refractivity contribution is -0.148. The summed E-state index contributed by atoms with van der Waals surface area (Å²) in [5.74, 6) is -1.62. The molecule has 0 aromatic heterocycles. The fraction of sp³-hybridized carbons (Fsp3) is 0.744. The van der Waals surface area contributed by atoms with E-state index in [9.17, 15) is 24.3 Å². The molecule has 0 spiro atoms. The smallest absolute Gasteiger partial charge is 0.245 e. The SMILES string of the molecule is CC[C@H](C)[C@@H]([C@@H](CC(=O)N1CCC[C@H]1[C@H](OC)[C@@H](C)C(=O)N[C@H](C)[C@@H](O)c1ccccc1)OC)N(C)C(=O)[C@@H](NC(=O)[C@H](NC)C(C)C)C(C)C. The number of amides is 4. The van der Waals surface area contributed by atoms with Crippen LogP contribution in [0.15, 0.2) is 30.3 Å². The number of likely N-dealkylation sites (N-methyl/N-ethyl adjacent to an activating group) is 2. The van der Waals surface area contributed by atoms with Crippen molar-refractivity contribution in [3.63, 3.8) is 0 Å². The van der Waals surface area contributed by atoms with E-state index >= 15 is 0 Å². The van der Waals surface area contributed by atoms with E-state index in [2.05, 4.69) is 16.0 Å². The number of likely N-dealkylation sites (tertiary alicyclic amines) is 1. The van der Waals surface area contributed by atoms with Gasteiger partial charge >= 0.3 is 0 Å². The molecule has 4 amide bonds. The molecule has 4 N–H and O–H groups in total. The van der Waals surface area contributed by atoms with Gasteiger partial charge in [-0.2, -0.15) is 0 Å². The number of rotatable bonds is 20. The van der Waals surface area contributed by atoms with Crippen LogP contribution in [0, 0.1) is 23.7 Å². The third kappa shape index (κ3) is 11.5. The summed E-state index contributed by atoms with van der Waals surface area (Å²) in [6.45, 7) is 15.9. The number of hydrogen-bond acceptors (Lipinski definition) is 8. The van der Waals surface area contributed by atoms with Gasteiger partial charge in [0.15, 0.2) is 0 Å². The van der Waals surface area contributed by atoms with Gasteiger partial charge in [-0.3, -0.25) is 19.2 Å². The number of hydrogen-bond donors (Lipinski definition) is 4. The first-order valence-corrected chi connectivity index (χ1v) is 18.7. The summed E-state index contributed by atoms with van der Waals surface area (Å²) in [5.41, 5.74) is 0.711. The predicted octanol–water partition coefficient (Wildman–Crippen LogP) is 3.53. The molecule has 0 aliphatic carbocycles. The van der Waals surface area contributed by atoms with Crippen molar-refractivity contribution in [1.82, 2.24) is 25.8 Å². The molecule has 1 aromatic carbocycles. The van der Waals surface area contributed by atoms with Crippen molar-refractivity contribution in [3.05, 3.63) is 35.9 Å². The average Bonchev–Trinajstić information content (AvgIpc) is 3.59. The normalized spacial score (nSPS) is 20.1. The Labute approximate surface area is 306 Å². The third-order valence-electron chi connectivity index (χ3n) is 10.7. The molecule has 0 unspecified atom stereocenters. The van der Waals surface area contributed by atoms with Crippen LogP contribution >= 0.6 is 0 Å². The molecular weight excluding hydrogens is 650 g/mol. The van der Waals surface area contributed by atoms with Crippen LogP contribution in [-0.4, -0.2) is 116 Å². The number of carbonyl (C=O) groups is 4. The van der Waals surface area contributed by atoms with E-state index in [4.69, 9.17) is 9.47 Å². The van der Waals surface area contributed by atoms with Gasteiger partial charge in [-0.15, -0.1) is 0 Å². The average molecular weight is 718 g/mol. The van der Waals surface area contributed by atoms with Crippen LogP contribution < -0.4 is 16.0 Å². The Morgan fingerprint density at radius 2 is 1.53 bits per heavy atom. The Kier molecular flexibility index (Phi) is 18.0. The largest absolute Gasteiger partial charge is 0.386 e. The minimum absolute atomic E-state index is 0.0148. The third-order valence-corrected chi connectivity index (χ3v) is 10.7. The predicted molar refractivity (Wildman–Crippen MR) is 200 cm³/mol. The molecule has 12 nitrogen and oxygen atoms in total. The Balaban J connectivity index is 2.24. The molecular formula is C39H67N5O7. The topological polar surface area (TPSA) is 150 Å². The highest BCUT2D eigenvalue weighted by molar-refractivity contribution is 5.90. The number of aliphatic hydroxyl groups is 1. The number of nitrogens with one attached hydrogen (secondary N) is 3. The highest BCUT2D eigenvalue weighted by atomic mass is 16.5. The van der Waals surface area contributed by atoms with E-state index in [-0.39, 0.29) is 53.8 Å². The summed E-state index contributed by atoms with van der Waals surface area (Å²) >= 11 is 0. The van der Waals surface area contributed by atoms with Crippen LogP contribution in [0.3, 0.4) is 0 Å². The lowest BCUT2D eigenvalue weighted by Crippen LogP contribution is -2.59. The van der Waals surface area contributed by atoms with Crippen molar-refractivity contribution >= 4 is 23.6 Å². The Morgan fingerprint density at radius 3 is 2.04 bits per heavy atom. The monoisotopic (exact) mass is 718 g/mol. The molecule has 1 fully saturated rings. The maximum atomic E-state index is 14.1. The molecule has 290 valence electrons. The molecule has 51 heavy (non-hydrogen) atoms. The van der Waals surface area contributed by atoms with E-state index < -0.39 is 48.4 Å². The van der Waals surface area contributed by atoms with E-state index in [1.807, 2.05) is 71.9 Å². The molecule has 0 saturated carbocycles. The number of benzene rings is 1. The van der Waals surface area contributed by atoms with Crippen LogP contribution in [0.5, 0.6) is 0 Å². The fourth-order valence-electron chi connectivity index (χ4n) is 7.42. The van der Waals surface area contributed by atoms with Crippen molar-refractivity contribution in [2.45, 2.75) is 130 Å². The van der Waals surface area contributed by atoms with Crippen LogP contribution in [0.2, 0.25) is 0 Å². The zero-order valence-corrected chi connectivity index (χ0v) is 33.1. The molecule has 0 bridgehead atoms. The summed E-state index contributed by atoms with van der Waals surface area (Å²) in [7, 11) is 6.57. The number of aliphatic hydroxyl groups excluding tert-OH is 1. The first kappa shape index (κ1) is 44.1. The van der Waals surface area contributed by atoms with Crippen molar-refractivity contribution in [1.29, 1.82) is 0 Å². The molecule has 1 aliphatic heterocycles. The quantitative estimate of drug-likeness (QED) is 0.160.